The number of ketones is 1. The van der Waals surface area contributed by atoms with Crippen LogP contribution in [0.4, 0.5) is 0 Å². The molecule has 1 spiro atoms. The second-order valence-corrected chi connectivity index (χ2v) is 12.0. The van der Waals surface area contributed by atoms with Crippen LogP contribution in [0.25, 0.3) is 0 Å². The summed E-state index contributed by atoms with van der Waals surface area (Å²) < 4.78 is 12.7. The highest BCUT2D eigenvalue weighted by atomic mass is 16.7. The van der Waals surface area contributed by atoms with E-state index in [-0.39, 0.29) is 28.4 Å². The maximum absolute atomic E-state index is 12.7. The molecule has 2 heterocycles. The summed E-state index contributed by atoms with van der Waals surface area (Å²) in [4.78, 5) is 19.3. The molecule has 0 aliphatic carbocycles. The average molecular weight is 466 g/mol. The molecule has 2 aliphatic rings. The number of carbonyl (C=O) groups excluding carboxylic acids is 1. The van der Waals surface area contributed by atoms with E-state index in [1.54, 1.807) is 0 Å². The zero-order valence-electron chi connectivity index (χ0n) is 21.7. The van der Waals surface area contributed by atoms with Gasteiger partial charge in [0.2, 0.25) is 0 Å². The van der Waals surface area contributed by atoms with Gasteiger partial charge in [-0.3, -0.25) is 9.63 Å². The van der Waals surface area contributed by atoms with Crippen molar-refractivity contribution in [2.24, 2.45) is 5.41 Å². The largest absolute Gasteiger partial charge is 0.349 e. The van der Waals surface area contributed by atoms with E-state index in [2.05, 4.69) is 53.5 Å². The fourth-order valence-corrected chi connectivity index (χ4v) is 5.45. The Bertz CT molecular complexity index is 980. The van der Waals surface area contributed by atoms with Crippen molar-refractivity contribution in [1.29, 1.82) is 0 Å². The van der Waals surface area contributed by atoms with Crippen molar-refractivity contribution in [3.05, 3.63) is 71.3 Å². The van der Waals surface area contributed by atoms with E-state index in [9.17, 15) is 4.79 Å². The van der Waals surface area contributed by atoms with E-state index in [1.165, 1.54) is 0 Å². The van der Waals surface area contributed by atoms with E-state index < -0.39 is 5.79 Å². The first-order chi connectivity index (χ1) is 15.8. The molecule has 1 unspecified atom stereocenters. The Morgan fingerprint density at radius 2 is 1.32 bits per heavy atom. The lowest BCUT2D eigenvalue weighted by atomic mass is 9.77. The van der Waals surface area contributed by atoms with Crippen LogP contribution in [0.1, 0.15) is 88.9 Å². The van der Waals surface area contributed by atoms with E-state index in [0.29, 0.717) is 24.3 Å². The zero-order valence-corrected chi connectivity index (χ0v) is 21.7. The number of piperidine rings is 1. The monoisotopic (exact) mass is 465 g/mol. The third-order valence-corrected chi connectivity index (χ3v) is 6.90. The second kappa shape index (κ2) is 8.87. The fourth-order valence-electron chi connectivity index (χ4n) is 5.45. The van der Waals surface area contributed by atoms with Gasteiger partial charge in [-0.1, -0.05) is 68.4 Å². The molecule has 184 valence electrons. The third-order valence-electron chi connectivity index (χ3n) is 6.90. The molecule has 0 amide bonds. The molecule has 0 saturated carbocycles. The Morgan fingerprint density at radius 1 is 0.824 bits per heavy atom. The first-order valence-electron chi connectivity index (χ1n) is 12.3. The van der Waals surface area contributed by atoms with Gasteiger partial charge < -0.3 is 9.47 Å². The molecule has 5 nitrogen and oxygen atoms in total. The van der Waals surface area contributed by atoms with Gasteiger partial charge in [0.15, 0.2) is 11.6 Å². The standard InChI is InChI=1S/C29H39NO4/c1-21(22-13-15-24(16-14-22)25(31)23-11-9-8-10-12-23)34-30-27(4,5)17-29(18-28(30,6)7)32-19-26(2,3)20-33-29/h8-16,21H,17-20H2,1-7H3. The van der Waals surface area contributed by atoms with Crippen LogP contribution in [0, 0.1) is 5.41 Å². The van der Waals surface area contributed by atoms with Crippen molar-refractivity contribution < 1.29 is 19.1 Å². The summed E-state index contributed by atoms with van der Waals surface area (Å²) in [7, 11) is 0. The van der Waals surface area contributed by atoms with Crippen LogP contribution < -0.4 is 0 Å². The van der Waals surface area contributed by atoms with Crippen LogP contribution in [0.3, 0.4) is 0 Å². The number of hydroxylamine groups is 2. The maximum atomic E-state index is 12.7. The van der Waals surface area contributed by atoms with Gasteiger partial charge in [-0.2, -0.15) is 5.06 Å². The van der Waals surface area contributed by atoms with Crippen LogP contribution in [0.2, 0.25) is 0 Å². The smallest absolute Gasteiger partial charge is 0.193 e. The highest BCUT2D eigenvalue weighted by molar-refractivity contribution is 6.08. The number of ether oxygens (including phenoxy) is 2. The summed E-state index contributed by atoms with van der Waals surface area (Å²) in [6.07, 6.45) is 1.30. The molecule has 0 N–H and O–H groups in total. The highest BCUT2D eigenvalue weighted by Gasteiger charge is 2.57. The topological polar surface area (TPSA) is 48.0 Å². The lowest BCUT2D eigenvalue weighted by Crippen LogP contribution is -2.68. The van der Waals surface area contributed by atoms with Crippen LogP contribution in [-0.4, -0.2) is 40.9 Å². The third kappa shape index (κ3) is 5.13. The first kappa shape index (κ1) is 25.1. The van der Waals surface area contributed by atoms with Gasteiger partial charge in [-0.05, 0) is 40.2 Å². The van der Waals surface area contributed by atoms with Gasteiger partial charge in [-0.25, -0.2) is 0 Å². The SMILES string of the molecule is CC(ON1C(C)(C)CC2(CC1(C)C)OCC(C)(C)CO2)c1ccc(C(=O)c2ccccc2)cc1. The number of hydrogen-bond acceptors (Lipinski definition) is 5. The first-order valence-corrected chi connectivity index (χ1v) is 12.3. The van der Waals surface area contributed by atoms with Gasteiger partial charge >= 0.3 is 0 Å². The van der Waals surface area contributed by atoms with Gasteiger partial charge in [-0.15, -0.1) is 0 Å². The minimum atomic E-state index is -0.578. The summed E-state index contributed by atoms with van der Waals surface area (Å²) in [6, 6.07) is 17.1. The molecule has 2 fully saturated rings. The van der Waals surface area contributed by atoms with Gasteiger partial charge in [0.1, 0.15) is 6.10 Å². The van der Waals surface area contributed by atoms with E-state index in [1.807, 2.05) is 54.6 Å². The second-order valence-electron chi connectivity index (χ2n) is 12.0. The molecular weight excluding hydrogens is 426 g/mol. The predicted molar refractivity (Wildman–Crippen MR) is 133 cm³/mol. The van der Waals surface area contributed by atoms with Crippen molar-refractivity contribution in [3.63, 3.8) is 0 Å². The van der Waals surface area contributed by atoms with Crippen molar-refractivity contribution >= 4 is 5.78 Å². The summed E-state index contributed by atoms with van der Waals surface area (Å²) in [6.45, 7) is 16.6. The Hall–Kier alpha value is -2.05. The minimum absolute atomic E-state index is 0.0278. The Morgan fingerprint density at radius 3 is 1.85 bits per heavy atom. The maximum Gasteiger partial charge on any atom is 0.193 e. The van der Waals surface area contributed by atoms with Crippen LogP contribution >= 0.6 is 0 Å². The summed E-state index contributed by atoms with van der Waals surface area (Å²) in [5, 5.41) is 2.13. The number of rotatable bonds is 5. The molecule has 4 rings (SSSR count). The van der Waals surface area contributed by atoms with Crippen molar-refractivity contribution in [2.45, 2.75) is 84.3 Å². The molecule has 5 heteroatoms. The lowest BCUT2D eigenvalue weighted by molar-refractivity contribution is -0.387. The molecule has 34 heavy (non-hydrogen) atoms. The molecular formula is C29H39NO4. The quantitative estimate of drug-likeness (QED) is 0.483. The minimum Gasteiger partial charge on any atom is -0.349 e. The molecule has 2 aromatic carbocycles. The normalized spacial score (nSPS) is 24.0. The van der Waals surface area contributed by atoms with Gasteiger partial charge in [0.25, 0.3) is 0 Å². The van der Waals surface area contributed by atoms with Crippen LogP contribution in [-0.2, 0) is 14.3 Å². The van der Waals surface area contributed by atoms with Gasteiger partial charge in [0, 0.05) is 40.5 Å². The summed E-state index contributed by atoms with van der Waals surface area (Å²) >= 11 is 0. The fraction of sp³-hybridized carbons (Fsp3) is 0.552. The zero-order chi connectivity index (χ0) is 24.8. The molecule has 0 aromatic heterocycles. The Balaban J connectivity index is 1.47. The lowest BCUT2D eigenvalue weighted by Gasteiger charge is -2.59. The van der Waals surface area contributed by atoms with Gasteiger partial charge in [0.05, 0.1) is 13.2 Å². The van der Waals surface area contributed by atoms with Crippen molar-refractivity contribution in [2.75, 3.05) is 13.2 Å². The highest BCUT2D eigenvalue weighted by Crippen LogP contribution is 2.49. The molecule has 0 radical (unpaired) electrons. The number of hydrogen-bond donors (Lipinski definition) is 0. The van der Waals surface area contributed by atoms with E-state index >= 15 is 0 Å². The van der Waals surface area contributed by atoms with Crippen molar-refractivity contribution in [1.82, 2.24) is 5.06 Å². The average Bonchev–Trinajstić information content (AvgIpc) is 2.78. The summed E-state index contributed by atoms with van der Waals surface area (Å²) in [5.41, 5.74) is 1.86. The van der Waals surface area contributed by atoms with Crippen LogP contribution in [0.15, 0.2) is 54.6 Å². The Kier molecular flexibility index (Phi) is 6.54. The van der Waals surface area contributed by atoms with Crippen LogP contribution in [0.5, 0.6) is 0 Å². The molecule has 2 aliphatic heterocycles. The molecule has 2 saturated heterocycles. The van der Waals surface area contributed by atoms with E-state index in [0.717, 1.165) is 18.4 Å². The molecule has 0 bridgehead atoms. The molecule has 2 aromatic rings. The predicted octanol–water partition coefficient (Wildman–Crippen LogP) is 6.33. The van der Waals surface area contributed by atoms with Crippen molar-refractivity contribution in [3.8, 4) is 0 Å². The molecule has 1 atom stereocenters. The number of carbonyl (C=O) groups is 1. The number of nitrogens with zero attached hydrogens (tertiary/aromatic N) is 1. The number of benzene rings is 2. The summed E-state index contributed by atoms with van der Waals surface area (Å²) in [5.74, 6) is -0.551. The Labute approximate surface area is 204 Å². The van der Waals surface area contributed by atoms with E-state index in [4.69, 9.17) is 14.3 Å².